The minimum Gasteiger partial charge on any atom is -0.383 e. The number of primary amides is 1. The van der Waals surface area contributed by atoms with Gasteiger partial charge in [0.2, 0.25) is 5.91 Å². The van der Waals surface area contributed by atoms with Crippen LogP contribution in [0.15, 0.2) is 0 Å². The highest BCUT2D eigenvalue weighted by molar-refractivity contribution is 5.77. The largest absolute Gasteiger partial charge is 0.383 e. The molecule has 0 aliphatic heterocycles. The molecule has 0 fully saturated rings. The van der Waals surface area contributed by atoms with E-state index < -0.39 is 23.9 Å². The first-order valence-electron chi connectivity index (χ1n) is 3.10. The van der Waals surface area contributed by atoms with Crippen LogP contribution in [0.4, 0.5) is 8.78 Å². The van der Waals surface area contributed by atoms with Crippen LogP contribution in [0, 0.1) is 5.92 Å². The molecule has 2 atom stereocenters. The van der Waals surface area contributed by atoms with E-state index in [-0.39, 0.29) is 0 Å². The maximum absolute atomic E-state index is 12.0. The Kier molecular flexibility index (Phi) is 2.92. The van der Waals surface area contributed by atoms with E-state index >= 15 is 0 Å². The molecule has 2 unspecified atom stereocenters. The van der Waals surface area contributed by atoms with Crippen LogP contribution in [-0.2, 0) is 4.79 Å². The van der Waals surface area contributed by atoms with Gasteiger partial charge in [0.05, 0.1) is 5.92 Å². The lowest BCUT2D eigenvalue weighted by Crippen LogP contribution is -2.46. The molecule has 0 saturated heterocycles. The van der Waals surface area contributed by atoms with E-state index in [1.165, 1.54) is 0 Å². The molecule has 0 radical (unpaired) electrons. The van der Waals surface area contributed by atoms with Gasteiger partial charge in [-0.25, -0.2) is 8.78 Å². The van der Waals surface area contributed by atoms with Crippen LogP contribution in [0.1, 0.15) is 13.8 Å². The molecule has 1 amide bonds. The Morgan fingerprint density at radius 1 is 1.64 bits per heavy atom. The summed E-state index contributed by atoms with van der Waals surface area (Å²) in [5.74, 6) is -2.18. The summed E-state index contributed by atoms with van der Waals surface area (Å²) in [5.41, 5.74) is 2.40. The van der Waals surface area contributed by atoms with Crippen molar-refractivity contribution in [3.05, 3.63) is 0 Å². The summed E-state index contributed by atoms with van der Waals surface area (Å²) >= 11 is 0. The molecular weight excluding hydrogens is 156 g/mol. The van der Waals surface area contributed by atoms with Gasteiger partial charge in [0, 0.05) is 0 Å². The molecule has 0 bridgehead atoms. The molecule has 0 aromatic rings. The molecule has 0 rings (SSSR count). The Labute approximate surface area is 63.2 Å². The van der Waals surface area contributed by atoms with Crippen LogP contribution in [-0.4, -0.2) is 23.0 Å². The van der Waals surface area contributed by atoms with Crippen LogP contribution in [0.2, 0.25) is 0 Å². The summed E-state index contributed by atoms with van der Waals surface area (Å²) in [5, 5.41) is 8.98. The summed E-state index contributed by atoms with van der Waals surface area (Å²) in [7, 11) is 0. The van der Waals surface area contributed by atoms with Crippen molar-refractivity contribution in [2.45, 2.75) is 25.9 Å². The second-order valence-electron chi connectivity index (χ2n) is 2.65. The number of aliphatic hydroxyl groups is 1. The number of halogens is 2. The summed E-state index contributed by atoms with van der Waals surface area (Å²) in [4.78, 5) is 10.4. The number of amides is 1. The van der Waals surface area contributed by atoms with Gasteiger partial charge >= 0.3 is 0 Å². The number of rotatable bonds is 3. The van der Waals surface area contributed by atoms with Crippen molar-refractivity contribution in [2.75, 3.05) is 0 Å². The molecule has 5 heteroatoms. The van der Waals surface area contributed by atoms with E-state index in [2.05, 4.69) is 0 Å². The Morgan fingerprint density at radius 2 is 2.00 bits per heavy atom. The normalized spacial score (nSPS) is 19.5. The van der Waals surface area contributed by atoms with Gasteiger partial charge in [-0.2, -0.15) is 0 Å². The van der Waals surface area contributed by atoms with E-state index in [9.17, 15) is 13.6 Å². The van der Waals surface area contributed by atoms with E-state index in [0.717, 1.165) is 13.8 Å². The van der Waals surface area contributed by atoms with Gasteiger partial charge in [-0.15, -0.1) is 0 Å². The van der Waals surface area contributed by atoms with Crippen molar-refractivity contribution in [1.82, 2.24) is 0 Å². The smallest absolute Gasteiger partial charge is 0.267 e. The summed E-state index contributed by atoms with van der Waals surface area (Å²) in [6.45, 7) is 2.04. The average molecular weight is 167 g/mol. The highest BCUT2D eigenvalue weighted by Crippen LogP contribution is 2.23. The lowest BCUT2D eigenvalue weighted by atomic mass is 9.91. The Hall–Kier alpha value is -0.710. The number of nitrogens with two attached hydrogens (primary N) is 1. The Bertz CT molecular complexity index is 159. The van der Waals surface area contributed by atoms with Crippen molar-refractivity contribution in [3.8, 4) is 0 Å². The highest BCUT2D eigenvalue weighted by Gasteiger charge is 2.40. The zero-order chi connectivity index (χ0) is 9.23. The lowest BCUT2D eigenvalue weighted by Gasteiger charge is -2.26. The first-order valence-corrected chi connectivity index (χ1v) is 3.10. The van der Waals surface area contributed by atoms with E-state index in [4.69, 9.17) is 10.8 Å². The molecule has 3 nitrogen and oxygen atoms in total. The molecule has 0 aromatic carbocycles. The molecule has 3 N–H and O–H groups in total. The van der Waals surface area contributed by atoms with E-state index in [1.54, 1.807) is 0 Å². The maximum atomic E-state index is 12.0. The number of carbonyl (C=O) groups is 1. The third-order valence-corrected chi connectivity index (χ3v) is 1.75. The Balaban J connectivity index is 4.41. The van der Waals surface area contributed by atoms with Crippen molar-refractivity contribution in [1.29, 1.82) is 0 Å². The second kappa shape index (κ2) is 3.13. The summed E-state index contributed by atoms with van der Waals surface area (Å²) in [6.07, 6.45) is -2.97. The molecular formula is C6H11F2NO2. The number of hydrogen-bond donors (Lipinski definition) is 2. The van der Waals surface area contributed by atoms with Crippen LogP contribution in [0.25, 0.3) is 0 Å². The lowest BCUT2D eigenvalue weighted by molar-refractivity contribution is -0.146. The monoisotopic (exact) mass is 167 g/mol. The summed E-state index contributed by atoms with van der Waals surface area (Å²) < 4.78 is 23.9. The predicted octanol–water partition coefficient (Wildman–Crippen LogP) is 0.124. The Morgan fingerprint density at radius 3 is 2.09 bits per heavy atom. The number of alkyl halides is 2. The summed E-state index contributed by atoms with van der Waals surface area (Å²) in [6, 6.07) is 0. The van der Waals surface area contributed by atoms with Crippen LogP contribution in [0.3, 0.4) is 0 Å². The third-order valence-electron chi connectivity index (χ3n) is 1.75. The fraction of sp³-hybridized carbons (Fsp3) is 0.833. The maximum Gasteiger partial charge on any atom is 0.267 e. The highest BCUT2D eigenvalue weighted by atomic mass is 19.3. The van der Waals surface area contributed by atoms with Gasteiger partial charge in [0.15, 0.2) is 0 Å². The molecule has 0 aliphatic carbocycles. The van der Waals surface area contributed by atoms with E-state index in [1.807, 2.05) is 0 Å². The zero-order valence-corrected chi connectivity index (χ0v) is 6.34. The standard InChI is InChI=1S/C6H11F2NO2/c1-3(4(9)10)6(2,11)5(7)8/h3,5,11H,1-2H3,(H2,9,10). The van der Waals surface area contributed by atoms with E-state index in [0.29, 0.717) is 0 Å². The van der Waals surface area contributed by atoms with Gasteiger partial charge in [0.1, 0.15) is 5.60 Å². The average Bonchev–Trinajstić information content (AvgIpc) is 1.85. The fourth-order valence-corrected chi connectivity index (χ4v) is 0.477. The van der Waals surface area contributed by atoms with Crippen LogP contribution >= 0.6 is 0 Å². The topological polar surface area (TPSA) is 63.3 Å². The van der Waals surface area contributed by atoms with Gasteiger partial charge in [-0.3, -0.25) is 4.79 Å². The van der Waals surface area contributed by atoms with Gasteiger partial charge in [-0.05, 0) is 6.92 Å². The molecule has 0 heterocycles. The molecule has 0 aromatic heterocycles. The van der Waals surface area contributed by atoms with Gasteiger partial charge < -0.3 is 10.8 Å². The second-order valence-corrected chi connectivity index (χ2v) is 2.65. The SMILES string of the molecule is CC(C(N)=O)C(C)(O)C(F)F. The van der Waals surface area contributed by atoms with Crippen molar-refractivity contribution in [2.24, 2.45) is 11.7 Å². The molecule has 0 aliphatic rings. The molecule has 0 saturated carbocycles. The third kappa shape index (κ3) is 2.11. The number of hydrogen-bond acceptors (Lipinski definition) is 2. The first kappa shape index (κ1) is 10.3. The van der Waals surface area contributed by atoms with Crippen molar-refractivity contribution >= 4 is 5.91 Å². The van der Waals surface area contributed by atoms with Gasteiger partial charge in [-0.1, -0.05) is 6.92 Å². The zero-order valence-electron chi connectivity index (χ0n) is 6.34. The minimum absolute atomic E-state index is 0.882. The number of carbonyl (C=O) groups excluding carboxylic acids is 1. The minimum atomic E-state index is -2.97. The fourth-order valence-electron chi connectivity index (χ4n) is 0.477. The molecule has 11 heavy (non-hydrogen) atoms. The van der Waals surface area contributed by atoms with Crippen LogP contribution in [0.5, 0.6) is 0 Å². The predicted molar refractivity (Wildman–Crippen MR) is 35.0 cm³/mol. The molecule has 66 valence electrons. The molecule has 0 spiro atoms. The van der Waals surface area contributed by atoms with Crippen LogP contribution < -0.4 is 5.73 Å². The first-order chi connectivity index (χ1) is 4.80. The van der Waals surface area contributed by atoms with Crippen molar-refractivity contribution < 1.29 is 18.7 Å². The van der Waals surface area contributed by atoms with Crippen molar-refractivity contribution in [3.63, 3.8) is 0 Å². The quantitative estimate of drug-likeness (QED) is 0.627. The van der Waals surface area contributed by atoms with Gasteiger partial charge in [0.25, 0.3) is 6.43 Å².